The molecule has 0 bridgehead atoms. The molecule has 0 aromatic heterocycles. The molecule has 1 aliphatic heterocycles. The Hall–Kier alpha value is -4.98. The lowest BCUT2D eigenvalue weighted by atomic mass is 9.81. The molecule has 3 rings (SSSR count). The summed E-state index contributed by atoms with van der Waals surface area (Å²) >= 11 is 0. The molecule has 1 heterocycles. The van der Waals surface area contributed by atoms with Gasteiger partial charge in [0.2, 0.25) is 18.6 Å². The molecular weight excluding hydrogens is 652 g/mol. The number of hydrogen-bond acceptors (Lipinski definition) is 12. The van der Waals surface area contributed by atoms with Gasteiger partial charge in [-0.2, -0.15) is 0 Å². The van der Waals surface area contributed by atoms with Gasteiger partial charge in [0.1, 0.15) is 18.3 Å². The molecule has 0 spiro atoms. The maximum atomic E-state index is 13.8. The first kappa shape index (κ1) is 39.5. The smallest absolute Gasteiger partial charge is 0.348 e. The molecule has 0 aliphatic carbocycles. The predicted octanol–water partition coefficient (Wildman–Crippen LogP) is 3.07. The van der Waals surface area contributed by atoms with Crippen LogP contribution in [-0.2, 0) is 49.3 Å². The number of hydrogen-bond donors (Lipinski definition) is 4. The molecular formula is C36H46N2O12. The van der Waals surface area contributed by atoms with Crippen molar-refractivity contribution in [2.75, 3.05) is 5.32 Å². The fraction of sp³-hybridized carbons (Fsp3) is 0.500. The average Bonchev–Trinajstić information content (AvgIpc) is 3.07. The highest BCUT2D eigenvalue weighted by molar-refractivity contribution is 6.01. The van der Waals surface area contributed by atoms with Gasteiger partial charge in [-0.1, -0.05) is 64.1 Å². The van der Waals surface area contributed by atoms with E-state index in [4.69, 9.17) is 18.9 Å². The van der Waals surface area contributed by atoms with Crippen LogP contribution < -0.4 is 10.6 Å². The molecule has 0 radical (unpaired) electrons. The number of phenols is 1. The van der Waals surface area contributed by atoms with Crippen LogP contribution in [-0.4, -0.2) is 83.0 Å². The zero-order valence-electron chi connectivity index (χ0n) is 29.2. The van der Waals surface area contributed by atoms with Gasteiger partial charge in [-0.05, 0) is 44.9 Å². The molecule has 2 aromatic carbocycles. The minimum Gasteiger partial charge on any atom is -0.505 e. The third-order valence-electron chi connectivity index (χ3n) is 8.68. The Morgan fingerprint density at radius 1 is 0.900 bits per heavy atom. The first-order chi connectivity index (χ1) is 23.5. The van der Waals surface area contributed by atoms with Crippen molar-refractivity contribution in [3.05, 3.63) is 59.7 Å². The normalized spacial score (nSPS) is 25.5. The average molecular weight is 699 g/mol. The molecule has 14 heteroatoms. The second-order valence-corrected chi connectivity index (χ2v) is 13.2. The maximum absolute atomic E-state index is 13.8. The Bertz CT molecular complexity index is 1540. The third kappa shape index (κ3) is 9.37. The molecule has 2 unspecified atom stereocenters. The van der Waals surface area contributed by atoms with Crippen molar-refractivity contribution in [2.24, 2.45) is 17.3 Å². The lowest BCUT2D eigenvalue weighted by Gasteiger charge is -2.35. The van der Waals surface area contributed by atoms with E-state index in [0.717, 1.165) is 0 Å². The quantitative estimate of drug-likeness (QED) is 0.129. The van der Waals surface area contributed by atoms with E-state index in [1.54, 1.807) is 58.0 Å². The van der Waals surface area contributed by atoms with Crippen LogP contribution in [0.2, 0.25) is 0 Å². The summed E-state index contributed by atoms with van der Waals surface area (Å²) in [5.41, 5.74) is -1.48. The highest BCUT2D eigenvalue weighted by atomic mass is 16.6. The number of amides is 2. The summed E-state index contributed by atoms with van der Waals surface area (Å²) < 4.78 is 22.7. The molecule has 50 heavy (non-hydrogen) atoms. The molecule has 2 amide bonds. The number of aliphatic hydroxyl groups is 1. The summed E-state index contributed by atoms with van der Waals surface area (Å²) in [6, 6.07) is 10.9. The topological polar surface area (TPSA) is 204 Å². The molecule has 7 atom stereocenters. The van der Waals surface area contributed by atoms with E-state index in [-0.39, 0.29) is 17.7 Å². The van der Waals surface area contributed by atoms with Crippen LogP contribution in [0.3, 0.4) is 0 Å². The highest BCUT2D eigenvalue weighted by Gasteiger charge is 2.47. The Balaban J connectivity index is 2.12. The van der Waals surface area contributed by atoms with Crippen molar-refractivity contribution < 1.29 is 57.9 Å². The van der Waals surface area contributed by atoms with Gasteiger partial charge in [-0.3, -0.25) is 14.4 Å². The van der Waals surface area contributed by atoms with E-state index >= 15 is 0 Å². The zero-order chi connectivity index (χ0) is 37.3. The van der Waals surface area contributed by atoms with E-state index in [9.17, 15) is 39.0 Å². The summed E-state index contributed by atoms with van der Waals surface area (Å²) in [5.74, 6) is -7.13. The molecule has 2 aromatic rings. The number of benzene rings is 2. The summed E-state index contributed by atoms with van der Waals surface area (Å²) in [7, 11) is 0. The van der Waals surface area contributed by atoms with E-state index in [1.807, 2.05) is 0 Å². The number of esters is 4. The van der Waals surface area contributed by atoms with Crippen molar-refractivity contribution in [3.8, 4) is 5.75 Å². The van der Waals surface area contributed by atoms with E-state index in [2.05, 4.69) is 10.6 Å². The zero-order valence-corrected chi connectivity index (χ0v) is 29.2. The lowest BCUT2D eigenvalue weighted by molar-refractivity contribution is -0.190. The Kier molecular flexibility index (Phi) is 13.5. The minimum atomic E-state index is -1.76. The number of ether oxygens (including phenoxy) is 4. The summed E-state index contributed by atoms with van der Waals surface area (Å²) in [6.07, 6.45) is -6.89. The highest BCUT2D eigenvalue weighted by Crippen LogP contribution is 2.32. The van der Waals surface area contributed by atoms with Crippen LogP contribution >= 0.6 is 0 Å². The fourth-order valence-electron chi connectivity index (χ4n) is 5.21. The maximum Gasteiger partial charge on any atom is 0.348 e. The second-order valence-electron chi connectivity index (χ2n) is 13.2. The molecule has 1 aliphatic rings. The van der Waals surface area contributed by atoms with Gasteiger partial charge in [0.15, 0.2) is 11.8 Å². The number of para-hydroxylation sites is 1. The second kappa shape index (κ2) is 17.1. The number of rotatable bonds is 9. The monoisotopic (exact) mass is 698 g/mol. The van der Waals surface area contributed by atoms with Crippen LogP contribution in [0.5, 0.6) is 5.75 Å². The van der Waals surface area contributed by atoms with Crippen molar-refractivity contribution in [1.29, 1.82) is 0 Å². The van der Waals surface area contributed by atoms with E-state index in [1.165, 1.54) is 39.0 Å². The van der Waals surface area contributed by atoms with E-state index in [0.29, 0.717) is 18.4 Å². The number of aromatic hydroxyl groups is 1. The Labute approximate surface area is 290 Å². The van der Waals surface area contributed by atoms with E-state index < -0.39 is 89.3 Å². The van der Waals surface area contributed by atoms with Gasteiger partial charge >= 0.3 is 23.9 Å². The minimum absolute atomic E-state index is 0.0305. The molecule has 0 saturated carbocycles. The fourth-order valence-corrected chi connectivity index (χ4v) is 5.21. The first-order valence-corrected chi connectivity index (χ1v) is 16.4. The Morgan fingerprint density at radius 3 is 2.14 bits per heavy atom. The Morgan fingerprint density at radius 2 is 1.54 bits per heavy atom. The third-order valence-corrected chi connectivity index (χ3v) is 8.68. The number of aliphatic hydroxyl groups excluding tert-OH is 1. The van der Waals surface area contributed by atoms with Crippen LogP contribution in [0.25, 0.3) is 0 Å². The molecule has 14 nitrogen and oxygen atoms in total. The molecule has 272 valence electrons. The predicted molar refractivity (Wildman–Crippen MR) is 178 cm³/mol. The van der Waals surface area contributed by atoms with Crippen LogP contribution in [0.4, 0.5) is 5.69 Å². The molecule has 4 N–H and O–H groups in total. The van der Waals surface area contributed by atoms with Crippen LogP contribution in [0, 0.1) is 17.3 Å². The van der Waals surface area contributed by atoms with Crippen LogP contribution in [0.1, 0.15) is 70.8 Å². The summed E-state index contributed by atoms with van der Waals surface area (Å²) in [6.45, 7) is 10.6. The van der Waals surface area contributed by atoms with Crippen molar-refractivity contribution in [1.82, 2.24) is 5.32 Å². The first-order valence-electron chi connectivity index (χ1n) is 16.4. The molecule has 1 saturated heterocycles. The van der Waals surface area contributed by atoms with Crippen molar-refractivity contribution in [3.63, 3.8) is 0 Å². The number of nitrogens with one attached hydrogen (secondary N) is 2. The number of phenolic OH excluding ortho intramolecular Hbond substituents is 1. The van der Waals surface area contributed by atoms with Crippen molar-refractivity contribution >= 4 is 41.9 Å². The number of carbonyl (C=O) groups excluding carboxylic acids is 6. The van der Waals surface area contributed by atoms with Gasteiger partial charge in [0.05, 0.1) is 16.7 Å². The van der Waals surface area contributed by atoms with Crippen LogP contribution in [0.15, 0.2) is 48.5 Å². The van der Waals surface area contributed by atoms with Gasteiger partial charge in [-0.25, -0.2) is 14.4 Å². The van der Waals surface area contributed by atoms with Gasteiger partial charge in [0, 0.05) is 18.3 Å². The van der Waals surface area contributed by atoms with Gasteiger partial charge in [-0.15, -0.1) is 0 Å². The SMILES string of the molecule is CC[C@H](C)[C@@H]1OC(=O)C(C)(C)[C@@H](O)[C@@H](Cc2ccccc2)OC(=O)C(C(C)C)OC(=O)C(NC(=O)c2cccc(NC=O)c2O)[C@@H](C)OC1=O. The van der Waals surface area contributed by atoms with Crippen molar-refractivity contribution in [2.45, 2.75) is 97.9 Å². The molecule has 1 fully saturated rings. The number of anilines is 1. The standard InChI is InChI=1S/C36H46N2O12/c1-8-20(4)29-34(45)47-21(5)26(38-31(42)23-15-12-16-24(27(23)40)37-18-39)32(43)49-28(19(2)3)33(44)48-25(17-22-13-10-9-11-14-22)30(41)36(6,7)35(46)50-29/h9-16,18-21,25-26,28-30,40-41H,8,17H2,1-7H3,(H,37,39)(H,38,42)/t20-,21+,25+,26?,28?,29-,30-/m0/s1. The number of carbonyl (C=O) groups is 6. The van der Waals surface area contributed by atoms with Gasteiger partial charge in [0.25, 0.3) is 5.91 Å². The lowest BCUT2D eigenvalue weighted by Crippen LogP contribution is -2.52. The largest absolute Gasteiger partial charge is 0.505 e. The summed E-state index contributed by atoms with van der Waals surface area (Å²) in [5, 5.41) is 26.9. The number of cyclic esters (lactones) is 4. The van der Waals surface area contributed by atoms with Gasteiger partial charge < -0.3 is 39.8 Å². The summed E-state index contributed by atoms with van der Waals surface area (Å²) in [4.78, 5) is 79.3.